The largest absolute Gasteiger partial charge is 0.347 e. The van der Waals surface area contributed by atoms with Gasteiger partial charge in [0.2, 0.25) is 0 Å². The van der Waals surface area contributed by atoms with Crippen molar-refractivity contribution in [3.8, 4) is 16.9 Å². The van der Waals surface area contributed by atoms with Crippen LogP contribution in [0.15, 0.2) is 182 Å². The van der Waals surface area contributed by atoms with E-state index in [4.69, 9.17) is 4.98 Å². The molecule has 304 valence electrons. The Kier molecular flexibility index (Phi) is 8.75. The summed E-state index contributed by atoms with van der Waals surface area (Å²) < 4.78 is 2.41. The molecule has 4 nitrogen and oxygen atoms in total. The van der Waals surface area contributed by atoms with Crippen molar-refractivity contribution in [2.24, 2.45) is 0 Å². The minimum absolute atomic E-state index is 0.0138. The van der Waals surface area contributed by atoms with Gasteiger partial charge in [0.05, 0.1) is 29.1 Å². The van der Waals surface area contributed by atoms with Crippen LogP contribution in [-0.2, 0) is 17.4 Å². The molecule has 2 aliphatic heterocycles. The first-order chi connectivity index (χ1) is 30.0. The lowest BCUT2D eigenvalue weighted by Gasteiger charge is -2.34. The molecule has 0 amide bonds. The summed E-state index contributed by atoms with van der Waals surface area (Å²) in [6.45, 7) is 15.6. The van der Waals surface area contributed by atoms with Gasteiger partial charge < -0.3 is 9.80 Å². The Morgan fingerprint density at radius 3 is 1.87 bits per heavy atom. The number of anilines is 3. The zero-order valence-electron chi connectivity index (χ0n) is 36.5. The highest BCUT2D eigenvalue weighted by atomic mass is 28.3. The molecule has 4 heterocycles. The predicted octanol–water partition coefficient (Wildman–Crippen LogP) is 11.2. The molecular weight excluding hydrogens is 769 g/mol. The average Bonchev–Trinajstić information content (AvgIpc) is 3.92. The van der Waals surface area contributed by atoms with E-state index in [2.05, 4.69) is 232 Å². The number of nitrogens with zero attached hydrogens (tertiary/aromatic N) is 4. The van der Waals surface area contributed by atoms with Crippen LogP contribution in [0.4, 0.5) is 17.1 Å². The number of pyridine rings is 1. The third-order valence-electron chi connectivity index (χ3n) is 13.5. The maximum Gasteiger partial charge on any atom is 0.181 e. The number of fused-ring (bicyclic) bond motifs is 7. The normalized spacial score (nSPS) is 14.4. The molecule has 0 N–H and O–H groups in total. The maximum absolute atomic E-state index is 5.08. The van der Waals surface area contributed by atoms with Crippen LogP contribution in [0, 0.1) is 0 Å². The quantitative estimate of drug-likeness (QED) is 0.156. The van der Waals surface area contributed by atoms with E-state index in [0.29, 0.717) is 0 Å². The highest BCUT2D eigenvalue weighted by molar-refractivity contribution is 7.22. The molecule has 0 radical (unpaired) electrons. The third kappa shape index (κ3) is 5.97. The van der Waals surface area contributed by atoms with Crippen LogP contribution in [0.1, 0.15) is 58.2 Å². The molecule has 62 heavy (non-hydrogen) atoms. The average molecular weight is 821 g/mol. The second-order valence-electron chi connectivity index (χ2n) is 19.3. The zero-order valence-corrected chi connectivity index (χ0v) is 37.5. The summed E-state index contributed by atoms with van der Waals surface area (Å²) in [6, 6.07) is 66.7. The molecule has 0 saturated carbocycles. The Morgan fingerprint density at radius 2 is 1.15 bits per heavy atom. The molecule has 9 aromatic rings. The van der Waals surface area contributed by atoms with Crippen molar-refractivity contribution in [2.45, 2.75) is 58.9 Å². The molecule has 0 atom stereocenters. The van der Waals surface area contributed by atoms with Gasteiger partial charge in [-0.2, -0.15) is 0 Å². The summed E-state index contributed by atoms with van der Waals surface area (Å²) in [4.78, 5) is 10.2. The van der Waals surface area contributed by atoms with Crippen LogP contribution < -0.4 is 30.5 Å². The molecule has 0 fully saturated rings. The Bertz CT molecular complexity index is 3140. The first-order valence-corrected chi connectivity index (χ1v) is 24.0. The van der Waals surface area contributed by atoms with E-state index in [1.165, 1.54) is 87.4 Å². The fourth-order valence-electron chi connectivity index (χ4n) is 10.3. The van der Waals surface area contributed by atoms with Crippen molar-refractivity contribution in [1.29, 1.82) is 0 Å². The van der Waals surface area contributed by atoms with Gasteiger partial charge in [-0.05, 0) is 108 Å². The zero-order chi connectivity index (χ0) is 42.4. The first-order valence-electron chi connectivity index (χ1n) is 22.0. The number of benzene rings is 7. The van der Waals surface area contributed by atoms with Crippen molar-refractivity contribution in [1.82, 2.24) is 9.55 Å². The van der Waals surface area contributed by atoms with Gasteiger partial charge in [0.15, 0.2) is 8.07 Å². The second kappa shape index (κ2) is 14.2. The van der Waals surface area contributed by atoms with Gasteiger partial charge in [0.25, 0.3) is 0 Å². The minimum Gasteiger partial charge on any atom is -0.347 e. The second-order valence-corrected chi connectivity index (χ2v) is 23.1. The van der Waals surface area contributed by atoms with E-state index in [9.17, 15) is 0 Å². The molecule has 2 aliphatic rings. The lowest BCUT2D eigenvalue weighted by atomic mass is 9.87. The molecule has 7 aromatic carbocycles. The van der Waals surface area contributed by atoms with Gasteiger partial charge in [-0.15, -0.1) is 0 Å². The van der Waals surface area contributed by atoms with Crippen molar-refractivity contribution in [3.63, 3.8) is 0 Å². The van der Waals surface area contributed by atoms with Crippen LogP contribution in [0.2, 0.25) is 0 Å². The molecule has 0 unspecified atom stereocenters. The maximum atomic E-state index is 5.08. The van der Waals surface area contributed by atoms with Gasteiger partial charge in [-0.25, -0.2) is 4.98 Å². The molecule has 0 spiro atoms. The number of hydrogen-bond donors (Lipinski definition) is 0. The van der Waals surface area contributed by atoms with E-state index in [0.717, 1.165) is 19.0 Å². The summed E-state index contributed by atoms with van der Waals surface area (Å²) in [5.74, 6) is 0.952. The summed E-state index contributed by atoms with van der Waals surface area (Å²) in [5, 5.41) is 8.16. The summed E-state index contributed by atoms with van der Waals surface area (Å²) in [7, 11) is -2.99. The lowest BCUT2D eigenvalue weighted by Crippen LogP contribution is -2.73. The van der Waals surface area contributed by atoms with Gasteiger partial charge >= 0.3 is 0 Å². The monoisotopic (exact) mass is 820 g/mol. The van der Waals surface area contributed by atoms with Crippen LogP contribution in [-0.4, -0.2) is 24.3 Å². The van der Waals surface area contributed by atoms with Gasteiger partial charge in [0, 0.05) is 29.2 Å². The Morgan fingerprint density at radius 1 is 0.516 bits per heavy atom. The smallest absolute Gasteiger partial charge is 0.181 e. The standard InChI is InChI=1S/C57H52N4Si/c1-56(2,3)40-30-31-58-55(34-40)61-49-23-13-10-20-45(49)46-29-28-43(36-52(46)61)62(53-26-16-11-21-47(53)48-22-12-17-27-54(48)62)44-33-41(57(4,5)6)32-42(35-44)60-38-59(37-39-18-8-7-9-19-39)50-24-14-15-25-51(50)60/h7-36H,37-38H2,1-6H3. The van der Waals surface area contributed by atoms with Gasteiger partial charge in [-0.3, -0.25) is 4.57 Å². The summed E-state index contributed by atoms with van der Waals surface area (Å²) in [5.41, 5.74) is 12.6. The Balaban J connectivity index is 1.19. The van der Waals surface area contributed by atoms with Crippen molar-refractivity contribution in [3.05, 3.63) is 199 Å². The highest BCUT2D eigenvalue weighted by Gasteiger charge is 2.49. The minimum atomic E-state index is -2.99. The predicted molar refractivity (Wildman–Crippen MR) is 265 cm³/mol. The molecule has 11 rings (SSSR count). The van der Waals surface area contributed by atoms with E-state index in [1.807, 2.05) is 6.20 Å². The van der Waals surface area contributed by atoms with Crippen LogP contribution in [0.25, 0.3) is 38.8 Å². The number of hydrogen-bond acceptors (Lipinski definition) is 3. The van der Waals surface area contributed by atoms with E-state index < -0.39 is 8.07 Å². The molecular formula is C57H52N4Si. The first kappa shape index (κ1) is 38.2. The summed E-state index contributed by atoms with van der Waals surface area (Å²) >= 11 is 0. The Hall–Kier alpha value is -6.69. The third-order valence-corrected chi connectivity index (χ3v) is 18.3. The van der Waals surface area contributed by atoms with E-state index in [1.54, 1.807) is 0 Å². The molecule has 5 heteroatoms. The van der Waals surface area contributed by atoms with Gasteiger partial charge in [0.1, 0.15) is 5.82 Å². The molecule has 0 aliphatic carbocycles. The number of aromatic nitrogens is 2. The molecule has 2 aromatic heterocycles. The van der Waals surface area contributed by atoms with Crippen molar-refractivity contribution in [2.75, 3.05) is 16.5 Å². The number of para-hydroxylation sites is 3. The Labute approximate surface area is 366 Å². The van der Waals surface area contributed by atoms with Crippen LogP contribution in [0.3, 0.4) is 0 Å². The van der Waals surface area contributed by atoms with Crippen LogP contribution >= 0.6 is 0 Å². The fraction of sp³-hybridized carbons (Fsp3) is 0.175. The SMILES string of the molecule is CC(C)(C)c1cc(N2CN(Cc3ccccc3)c3ccccc32)cc([Si]2(c3ccc4c5ccccc5n(-c5cc(C(C)(C)C)ccn5)c4c3)c3ccccc3-c3ccccc32)c1. The van der Waals surface area contributed by atoms with Crippen LogP contribution in [0.5, 0.6) is 0 Å². The molecule has 0 saturated heterocycles. The van der Waals surface area contributed by atoms with Gasteiger partial charge in [-0.1, -0.05) is 169 Å². The van der Waals surface area contributed by atoms with E-state index in [-0.39, 0.29) is 10.8 Å². The topological polar surface area (TPSA) is 24.3 Å². The van der Waals surface area contributed by atoms with E-state index >= 15 is 0 Å². The highest BCUT2D eigenvalue weighted by Crippen LogP contribution is 2.43. The van der Waals surface area contributed by atoms with Crippen molar-refractivity contribution >= 4 is 67.7 Å². The fourth-order valence-corrected chi connectivity index (χ4v) is 15.6. The number of rotatable bonds is 6. The lowest BCUT2D eigenvalue weighted by molar-refractivity contribution is 0.588. The van der Waals surface area contributed by atoms with Crippen molar-refractivity contribution < 1.29 is 0 Å². The summed E-state index contributed by atoms with van der Waals surface area (Å²) in [6.07, 6.45) is 1.98. The molecule has 0 bridgehead atoms.